The molecule has 1 fully saturated rings. The molecule has 2 aliphatic rings. The molecule has 2 aliphatic heterocycles. The van der Waals surface area contributed by atoms with E-state index in [1.807, 2.05) is 0 Å². The monoisotopic (exact) mass is 594 g/mol. The van der Waals surface area contributed by atoms with Crippen molar-refractivity contribution in [2.45, 2.75) is 44.3 Å². The standard InChI is InChI=1S/C27H24F6N6O3/c1-42-24(41)21-8-15(2-5-34-21)23(40)38-6-3-20(4-7-38)39-13-16-12-35-25(37-22(16)14-39)36-19-10-17(26(28,29)30)9-18(11-19)27(31,32)33/h2,5,8-12,20H,3-4,6-7,13-14H2,1H3,(H,35,36,37). The molecule has 0 spiro atoms. The molecule has 0 aliphatic carbocycles. The lowest BCUT2D eigenvalue weighted by atomic mass is 10.0. The first-order valence-corrected chi connectivity index (χ1v) is 12.8. The van der Waals surface area contributed by atoms with Crippen molar-refractivity contribution in [3.05, 3.63) is 76.4 Å². The second kappa shape index (κ2) is 11.2. The Morgan fingerprint density at radius 3 is 2.24 bits per heavy atom. The minimum absolute atomic E-state index is 0.0388. The number of pyridine rings is 1. The highest BCUT2D eigenvalue weighted by Crippen LogP contribution is 2.38. The van der Waals surface area contributed by atoms with Gasteiger partial charge in [0.05, 0.1) is 23.9 Å². The van der Waals surface area contributed by atoms with Gasteiger partial charge >= 0.3 is 18.3 Å². The molecule has 0 atom stereocenters. The number of methoxy groups -OCH3 is 1. The van der Waals surface area contributed by atoms with Gasteiger partial charge in [-0.1, -0.05) is 0 Å². The van der Waals surface area contributed by atoms with Crippen LogP contribution in [0.25, 0.3) is 0 Å². The number of esters is 1. The molecule has 0 radical (unpaired) electrons. The highest BCUT2D eigenvalue weighted by atomic mass is 19.4. The third-order valence-corrected chi connectivity index (χ3v) is 7.19. The minimum Gasteiger partial charge on any atom is -0.464 e. The number of aromatic nitrogens is 3. The summed E-state index contributed by atoms with van der Waals surface area (Å²) < 4.78 is 83.9. The Hall–Kier alpha value is -4.27. The van der Waals surface area contributed by atoms with Gasteiger partial charge in [0.15, 0.2) is 0 Å². The number of hydrogen-bond donors (Lipinski definition) is 1. The molecule has 2 aromatic heterocycles. The van der Waals surface area contributed by atoms with E-state index in [1.54, 1.807) is 4.90 Å². The van der Waals surface area contributed by atoms with Gasteiger partial charge in [-0.3, -0.25) is 9.69 Å². The van der Waals surface area contributed by atoms with Crippen molar-refractivity contribution in [1.29, 1.82) is 0 Å². The average molecular weight is 595 g/mol. The van der Waals surface area contributed by atoms with Crippen LogP contribution in [0.3, 0.4) is 0 Å². The first kappa shape index (κ1) is 29.2. The molecule has 3 aromatic rings. The Morgan fingerprint density at radius 1 is 0.952 bits per heavy atom. The maximum atomic E-state index is 13.2. The van der Waals surface area contributed by atoms with E-state index in [-0.39, 0.29) is 29.7 Å². The van der Waals surface area contributed by atoms with Crippen LogP contribution in [-0.4, -0.2) is 62.9 Å². The van der Waals surface area contributed by atoms with Crippen molar-refractivity contribution >= 4 is 23.5 Å². The van der Waals surface area contributed by atoms with Crippen LogP contribution < -0.4 is 5.32 Å². The molecular weight excluding hydrogens is 570 g/mol. The maximum absolute atomic E-state index is 13.2. The minimum atomic E-state index is -4.97. The number of fused-ring (bicyclic) bond motifs is 1. The number of amides is 1. The topological polar surface area (TPSA) is 101 Å². The van der Waals surface area contributed by atoms with Gasteiger partial charge in [0.25, 0.3) is 5.91 Å². The molecule has 15 heteroatoms. The number of carbonyl (C=O) groups is 2. The third-order valence-electron chi connectivity index (χ3n) is 7.19. The van der Waals surface area contributed by atoms with E-state index in [4.69, 9.17) is 0 Å². The van der Waals surface area contributed by atoms with Crippen molar-refractivity contribution in [2.24, 2.45) is 0 Å². The maximum Gasteiger partial charge on any atom is 0.416 e. The van der Waals surface area contributed by atoms with E-state index in [9.17, 15) is 35.9 Å². The Balaban J connectivity index is 1.22. The largest absolute Gasteiger partial charge is 0.464 e. The summed E-state index contributed by atoms with van der Waals surface area (Å²) in [6.07, 6.45) is -5.73. The highest BCUT2D eigenvalue weighted by Gasteiger charge is 2.37. The number of alkyl halides is 6. The van der Waals surface area contributed by atoms with E-state index >= 15 is 0 Å². The Morgan fingerprint density at radius 2 is 1.62 bits per heavy atom. The number of likely N-dealkylation sites (tertiary alicyclic amines) is 1. The summed E-state index contributed by atoms with van der Waals surface area (Å²) in [5, 5.41) is 2.48. The SMILES string of the molecule is COC(=O)c1cc(C(=O)N2CCC(N3Cc4cnc(Nc5cc(C(F)(F)F)cc(C(F)(F)F)c5)nc4C3)CC2)ccn1. The van der Waals surface area contributed by atoms with Crippen molar-refractivity contribution in [3.63, 3.8) is 0 Å². The normalized spacial score (nSPS) is 16.3. The smallest absolute Gasteiger partial charge is 0.416 e. The third kappa shape index (κ3) is 6.30. The quantitative estimate of drug-likeness (QED) is 0.323. The van der Waals surface area contributed by atoms with Gasteiger partial charge in [0, 0.05) is 61.4 Å². The van der Waals surface area contributed by atoms with Crippen LogP contribution in [0, 0.1) is 0 Å². The summed E-state index contributed by atoms with van der Waals surface area (Å²) in [6, 6.07) is 4.25. The molecule has 1 N–H and O–H groups in total. The number of rotatable bonds is 5. The second-order valence-electron chi connectivity index (χ2n) is 9.93. The van der Waals surface area contributed by atoms with Crippen LogP contribution >= 0.6 is 0 Å². The zero-order chi connectivity index (χ0) is 30.2. The van der Waals surface area contributed by atoms with Crippen molar-refractivity contribution in [2.75, 3.05) is 25.5 Å². The Kier molecular flexibility index (Phi) is 7.79. The molecule has 222 valence electrons. The number of halogens is 6. The fourth-order valence-corrected chi connectivity index (χ4v) is 5.05. The number of hydrogen-bond acceptors (Lipinski definition) is 8. The lowest BCUT2D eigenvalue weighted by molar-refractivity contribution is -0.143. The zero-order valence-corrected chi connectivity index (χ0v) is 22.1. The number of anilines is 2. The van der Waals surface area contributed by atoms with Crippen LogP contribution in [0.15, 0.2) is 42.7 Å². The Labute approximate surface area is 235 Å². The van der Waals surface area contributed by atoms with Gasteiger partial charge in [0.2, 0.25) is 5.95 Å². The molecule has 0 bridgehead atoms. The van der Waals surface area contributed by atoms with Gasteiger partial charge in [0.1, 0.15) is 5.69 Å². The molecule has 1 amide bonds. The van der Waals surface area contributed by atoms with E-state index in [1.165, 1.54) is 31.6 Å². The zero-order valence-electron chi connectivity index (χ0n) is 22.1. The van der Waals surface area contributed by atoms with Crippen LogP contribution in [0.4, 0.5) is 38.0 Å². The van der Waals surface area contributed by atoms with Gasteiger partial charge in [-0.25, -0.2) is 19.7 Å². The van der Waals surface area contributed by atoms with Crippen LogP contribution in [0.5, 0.6) is 0 Å². The fourth-order valence-electron chi connectivity index (χ4n) is 5.05. The van der Waals surface area contributed by atoms with Crippen molar-refractivity contribution in [3.8, 4) is 0 Å². The number of nitrogens with zero attached hydrogens (tertiary/aromatic N) is 5. The molecule has 5 rings (SSSR count). The van der Waals surface area contributed by atoms with Gasteiger partial charge in [-0.15, -0.1) is 0 Å². The average Bonchev–Trinajstić information content (AvgIpc) is 3.39. The van der Waals surface area contributed by atoms with Gasteiger partial charge < -0.3 is 15.0 Å². The molecule has 0 unspecified atom stereocenters. The summed E-state index contributed by atoms with van der Waals surface area (Å²) >= 11 is 0. The number of piperidine rings is 1. The molecule has 9 nitrogen and oxygen atoms in total. The van der Waals surface area contributed by atoms with Gasteiger partial charge in [-0.05, 0) is 43.2 Å². The predicted octanol–water partition coefficient (Wildman–Crippen LogP) is 5.06. The number of carbonyl (C=O) groups excluding carboxylic acids is 2. The summed E-state index contributed by atoms with van der Waals surface area (Å²) in [5.74, 6) is -0.984. The predicted molar refractivity (Wildman–Crippen MR) is 136 cm³/mol. The van der Waals surface area contributed by atoms with E-state index in [0.717, 1.165) is 5.56 Å². The lowest BCUT2D eigenvalue weighted by Crippen LogP contribution is -2.45. The van der Waals surface area contributed by atoms with E-state index in [2.05, 4.69) is 29.9 Å². The summed E-state index contributed by atoms with van der Waals surface area (Å²) in [6.45, 7) is 1.88. The second-order valence-corrected chi connectivity index (χ2v) is 9.93. The Bertz CT molecular complexity index is 1470. The summed E-state index contributed by atoms with van der Waals surface area (Å²) in [4.78, 5) is 41.0. The highest BCUT2D eigenvalue weighted by molar-refractivity contribution is 5.97. The summed E-state index contributed by atoms with van der Waals surface area (Å²) in [5.41, 5.74) is -1.54. The number of benzene rings is 1. The first-order chi connectivity index (χ1) is 19.8. The molecule has 42 heavy (non-hydrogen) atoms. The fraction of sp³-hybridized carbons (Fsp3) is 0.370. The molecule has 1 saturated heterocycles. The summed E-state index contributed by atoms with van der Waals surface area (Å²) in [7, 11) is 1.23. The van der Waals surface area contributed by atoms with Gasteiger partial charge in [-0.2, -0.15) is 26.3 Å². The number of nitrogens with one attached hydrogen (secondary N) is 1. The molecule has 0 saturated carbocycles. The molecule has 1 aromatic carbocycles. The van der Waals surface area contributed by atoms with Crippen molar-refractivity contribution < 1.29 is 40.7 Å². The first-order valence-electron chi connectivity index (χ1n) is 12.8. The lowest BCUT2D eigenvalue weighted by Gasteiger charge is -2.36. The number of ether oxygens (including phenoxy) is 1. The van der Waals surface area contributed by atoms with Crippen LogP contribution in [0.1, 0.15) is 56.1 Å². The van der Waals surface area contributed by atoms with Crippen LogP contribution in [-0.2, 0) is 30.2 Å². The van der Waals surface area contributed by atoms with Crippen molar-refractivity contribution in [1.82, 2.24) is 24.8 Å². The van der Waals surface area contributed by atoms with E-state index < -0.39 is 35.1 Å². The molecule has 4 heterocycles. The van der Waals surface area contributed by atoms with Crippen LogP contribution in [0.2, 0.25) is 0 Å². The molecular formula is C27H24F6N6O3. The van der Waals surface area contributed by atoms with E-state index in [0.29, 0.717) is 62.4 Å².